The number of nitrogens with one attached hydrogen (secondary N) is 1. The highest BCUT2D eigenvalue weighted by atomic mass is 16.5. The van der Waals surface area contributed by atoms with Crippen LogP contribution < -0.4 is 10.1 Å². The fraction of sp³-hybridized carbons (Fsp3) is 0.438. The normalized spacial score (nSPS) is 10.4. The average Bonchev–Trinajstić information content (AvgIpc) is 2.53. The first-order valence-corrected chi connectivity index (χ1v) is 7.39. The third-order valence-electron chi connectivity index (χ3n) is 3.04. The number of pyridine rings is 1. The molecule has 0 unspecified atom stereocenters. The van der Waals surface area contributed by atoms with E-state index in [0.717, 1.165) is 48.7 Å². The Morgan fingerprint density at radius 2 is 2.00 bits per heavy atom. The van der Waals surface area contributed by atoms with Gasteiger partial charge in [-0.1, -0.05) is 13.8 Å². The number of nitrogens with zero attached hydrogens (tertiary/aromatic N) is 3. The highest BCUT2D eigenvalue weighted by Gasteiger charge is 2.07. The Morgan fingerprint density at radius 1 is 1.14 bits per heavy atom. The summed E-state index contributed by atoms with van der Waals surface area (Å²) in [6, 6.07) is 5.78. The van der Waals surface area contributed by atoms with Gasteiger partial charge in [0.05, 0.1) is 12.8 Å². The third kappa shape index (κ3) is 4.15. The van der Waals surface area contributed by atoms with Gasteiger partial charge in [-0.3, -0.25) is 0 Å². The van der Waals surface area contributed by atoms with Crippen LogP contribution in [0.15, 0.2) is 24.4 Å². The van der Waals surface area contributed by atoms with Gasteiger partial charge in [-0.25, -0.2) is 15.0 Å². The van der Waals surface area contributed by atoms with Crippen LogP contribution in [0, 0.1) is 0 Å². The van der Waals surface area contributed by atoms with Crippen molar-refractivity contribution in [3.8, 4) is 17.1 Å². The minimum atomic E-state index is 0.603. The van der Waals surface area contributed by atoms with E-state index in [-0.39, 0.29) is 0 Å². The molecule has 0 aliphatic rings. The summed E-state index contributed by atoms with van der Waals surface area (Å²) in [7, 11) is 1.61. The lowest BCUT2D eigenvalue weighted by Gasteiger charge is -2.09. The number of ether oxygens (including phenoxy) is 1. The van der Waals surface area contributed by atoms with Crippen LogP contribution in [0.4, 0.5) is 5.82 Å². The molecule has 2 rings (SSSR count). The van der Waals surface area contributed by atoms with Gasteiger partial charge >= 0.3 is 0 Å². The molecule has 2 aromatic heterocycles. The largest absolute Gasteiger partial charge is 0.481 e. The van der Waals surface area contributed by atoms with E-state index in [1.165, 1.54) is 0 Å². The van der Waals surface area contributed by atoms with Crippen molar-refractivity contribution in [2.45, 2.75) is 33.1 Å². The van der Waals surface area contributed by atoms with Crippen LogP contribution in [0.2, 0.25) is 0 Å². The van der Waals surface area contributed by atoms with E-state index < -0.39 is 0 Å². The molecule has 0 atom stereocenters. The summed E-state index contributed by atoms with van der Waals surface area (Å²) >= 11 is 0. The van der Waals surface area contributed by atoms with Crippen LogP contribution in [0.1, 0.15) is 32.5 Å². The lowest BCUT2D eigenvalue weighted by molar-refractivity contribution is 0.398. The molecule has 21 heavy (non-hydrogen) atoms. The standard InChI is InChI=1S/C16H22N4O/c1-4-6-14-19-13(10-15(20-14)17-9-5-2)12-7-8-16(21-3)18-11-12/h7-8,10-11H,4-6,9H2,1-3H3,(H,17,19,20). The molecule has 0 spiro atoms. The second-order valence-electron chi connectivity index (χ2n) is 4.82. The summed E-state index contributed by atoms with van der Waals surface area (Å²) in [5, 5.41) is 3.33. The van der Waals surface area contributed by atoms with Crippen LogP contribution in [0.25, 0.3) is 11.3 Å². The van der Waals surface area contributed by atoms with Gasteiger partial charge in [-0.2, -0.15) is 0 Å². The molecule has 0 amide bonds. The fourth-order valence-corrected chi connectivity index (χ4v) is 1.98. The number of hydrogen-bond donors (Lipinski definition) is 1. The van der Waals surface area contributed by atoms with Gasteiger partial charge in [0, 0.05) is 36.9 Å². The molecule has 5 nitrogen and oxygen atoms in total. The maximum atomic E-state index is 5.09. The molecule has 0 aliphatic carbocycles. The zero-order valence-corrected chi connectivity index (χ0v) is 12.9. The van der Waals surface area contributed by atoms with Crippen molar-refractivity contribution < 1.29 is 4.74 Å². The predicted octanol–water partition coefficient (Wildman–Crippen LogP) is 3.32. The monoisotopic (exact) mass is 286 g/mol. The number of aromatic nitrogens is 3. The van der Waals surface area contributed by atoms with E-state index in [4.69, 9.17) is 4.74 Å². The summed E-state index contributed by atoms with van der Waals surface area (Å²) in [5.41, 5.74) is 1.86. The smallest absolute Gasteiger partial charge is 0.212 e. The highest BCUT2D eigenvalue weighted by molar-refractivity contribution is 5.62. The Bertz CT molecular complexity index is 569. The van der Waals surface area contributed by atoms with Crippen molar-refractivity contribution in [1.82, 2.24) is 15.0 Å². The molecule has 2 aromatic rings. The van der Waals surface area contributed by atoms with Gasteiger partial charge in [0.15, 0.2) is 0 Å². The lowest BCUT2D eigenvalue weighted by Crippen LogP contribution is -2.06. The van der Waals surface area contributed by atoms with Gasteiger partial charge < -0.3 is 10.1 Å². The predicted molar refractivity (Wildman–Crippen MR) is 84.6 cm³/mol. The molecule has 112 valence electrons. The van der Waals surface area contributed by atoms with Gasteiger partial charge in [-0.05, 0) is 18.9 Å². The minimum absolute atomic E-state index is 0.603. The summed E-state index contributed by atoms with van der Waals surface area (Å²) in [6.07, 6.45) is 4.74. The van der Waals surface area contributed by atoms with E-state index in [0.29, 0.717) is 5.88 Å². The lowest BCUT2D eigenvalue weighted by atomic mass is 10.2. The zero-order chi connectivity index (χ0) is 15.1. The van der Waals surface area contributed by atoms with E-state index in [1.54, 1.807) is 13.3 Å². The highest BCUT2D eigenvalue weighted by Crippen LogP contribution is 2.21. The van der Waals surface area contributed by atoms with Crippen molar-refractivity contribution in [3.05, 3.63) is 30.2 Å². The molecule has 5 heteroatoms. The van der Waals surface area contributed by atoms with Gasteiger partial charge in [-0.15, -0.1) is 0 Å². The molecule has 0 aromatic carbocycles. The second-order valence-corrected chi connectivity index (χ2v) is 4.82. The van der Waals surface area contributed by atoms with E-state index in [9.17, 15) is 0 Å². The topological polar surface area (TPSA) is 59.9 Å². The molecular weight excluding hydrogens is 264 g/mol. The van der Waals surface area contributed by atoms with Gasteiger partial charge in [0.2, 0.25) is 5.88 Å². The van der Waals surface area contributed by atoms with Crippen LogP contribution in [0.3, 0.4) is 0 Å². The molecular formula is C16H22N4O. The Labute approximate surface area is 125 Å². The molecule has 1 N–H and O–H groups in total. The fourth-order valence-electron chi connectivity index (χ4n) is 1.98. The molecule has 0 saturated carbocycles. The number of hydrogen-bond acceptors (Lipinski definition) is 5. The van der Waals surface area contributed by atoms with Gasteiger partial charge in [0.25, 0.3) is 0 Å². The van der Waals surface area contributed by atoms with Crippen LogP contribution in [-0.4, -0.2) is 28.6 Å². The molecule has 0 radical (unpaired) electrons. The van der Waals surface area contributed by atoms with E-state index in [2.05, 4.69) is 34.1 Å². The number of rotatable bonds is 7. The van der Waals surface area contributed by atoms with Crippen molar-refractivity contribution in [3.63, 3.8) is 0 Å². The van der Waals surface area contributed by atoms with Gasteiger partial charge in [0.1, 0.15) is 11.6 Å². The van der Waals surface area contributed by atoms with Crippen molar-refractivity contribution >= 4 is 5.82 Å². The molecule has 0 bridgehead atoms. The Hall–Kier alpha value is -2.17. The molecule has 0 saturated heterocycles. The summed E-state index contributed by atoms with van der Waals surface area (Å²) < 4.78 is 5.09. The second kappa shape index (κ2) is 7.57. The quantitative estimate of drug-likeness (QED) is 0.846. The summed E-state index contributed by atoms with van der Waals surface area (Å²) in [6.45, 7) is 5.17. The van der Waals surface area contributed by atoms with Crippen LogP contribution in [0.5, 0.6) is 5.88 Å². The molecule has 2 heterocycles. The van der Waals surface area contributed by atoms with Crippen LogP contribution >= 0.6 is 0 Å². The number of aryl methyl sites for hydroxylation is 1. The molecule has 0 aliphatic heterocycles. The SMILES string of the molecule is CCCNc1cc(-c2ccc(OC)nc2)nc(CCC)n1. The maximum Gasteiger partial charge on any atom is 0.212 e. The van der Waals surface area contributed by atoms with Crippen molar-refractivity contribution in [2.75, 3.05) is 19.0 Å². The van der Waals surface area contributed by atoms with Crippen molar-refractivity contribution in [1.29, 1.82) is 0 Å². The van der Waals surface area contributed by atoms with Crippen molar-refractivity contribution in [2.24, 2.45) is 0 Å². The Balaban J connectivity index is 2.32. The summed E-state index contributed by atoms with van der Waals surface area (Å²) in [4.78, 5) is 13.4. The number of methoxy groups -OCH3 is 1. The third-order valence-corrected chi connectivity index (χ3v) is 3.04. The number of anilines is 1. The summed E-state index contributed by atoms with van der Waals surface area (Å²) in [5.74, 6) is 2.34. The minimum Gasteiger partial charge on any atom is -0.481 e. The Morgan fingerprint density at radius 3 is 2.62 bits per heavy atom. The first-order chi connectivity index (χ1) is 10.3. The first-order valence-electron chi connectivity index (χ1n) is 7.39. The maximum absolute atomic E-state index is 5.09. The van der Waals surface area contributed by atoms with Crippen LogP contribution in [-0.2, 0) is 6.42 Å². The Kier molecular flexibility index (Phi) is 5.49. The first kappa shape index (κ1) is 15.2. The average molecular weight is 286 g/mol. The van der Waals surface area contributed by atoms with E-state index in [1.807, 2.05) is 18.2 Å². The van der Waals surface area contributed by atoms with E-state index >= 15 is 0 Å². The zero-order valence-electron chi connectivity index (χ0n) is 12.9. The molecule has 0 fully saturated rings.